The van der Waals surface area contributed by atoms with E-state index in [9.17, 15) is 0 Å². The van der Waals surface area contributed by atoms with Crippen LogP contribution in [0.25, 0.3) is 0 Å². The second-order valence-corrected chi connectivity index (χ2v) is 4.76. The zero-order valence-electron chi connectivity index (χ0n) is 10.8. The van der Waals surface area contributed by atoms with Crippen molar-refractivity contribution in [2.45, 2.75) is 0 Å². The van der Waals surface area contributed by atoms with E-state index in [1.165, 1.54) is 0 Å². The number of halogens is 2. The molecule has 0 aliphatic heterocycles. The molecule has 2 rings (SSSR count). The van der Waals surface area contributed by atoms with E-state index in [1.54, 1.807) is 31.5 Å². The predicted molar refractivity (Wildman–Crippen MR) is 83.6 cm³/mol. The highest BCUT2D eigenvalue weighted by Crippen LogP contribution is 2.25. The van der Waals surface area contributed by atoms with Gasteiger partial charge in [-0.25, -0.2) is 4.98 Å². The molecular formula is C14H13Cl2N3O. The summed E-state index contributed by atoms with van der Waals surface area (Å²) in [5.41, 5.74) is 1.58. The third-order valence-corrected chi connectivity index (χ3v) is 3.19. The Balaban J connectivity index is 1.99. The van der Waals surface area contributed by atoms with Crippen molar-refractivity contribution < 1.29 is 4.74 Å². The lowest BCUT2D eigenvalue weighted by molar-refractivity contribution is 0.398. The van der Waals surface area contributed by atoms with E-state index in [-0.39, 0.29) is 0 Å². The van der Waals surface area contributed by atoms with E-state index in [2.05, 4.69) is 22.2 Å². The van der Waals surface area contributed by atoms with Gasteiger partial charge in [0.15, 0.2) is 0 Å². The summed E-state index contributed by atoms with van der Waals surface area (Å²) in [6.45, 7) is 3.88. The highest BCUT2D eigenvalue weighted by atomic mass is 35.5. The van der Waals surface area contributed by atoms with Crippen LogP contribution in [0.2, 0.25) is 10.0 Å². The maximum absolute atomic E-state index is 5.94. The van der Waals surface area contributed by atoms with Crippen LogP contribution in [-0.4, -0.2) is 12.1 Å². The molecule has 2 N–H and O–H groups in total. The Morgan fingerprint density at radius 1 is 1.10 bits per heavy atom. The molecule has 0 atom stereocenters. The fourth-order valence-corrected chi connectivity index (χ4v) is 1.83. The number of nitrogens with one attached hydrogen (secondary N) is 2. The molecule has 1 heterocycles. The summed E-state index contributed by atoms with van der Waals surface area (Å²) in [6, 6.07) is 8.85. The normalized spacial score (nSPS) is 9.95. The van der Waals surface area contributed by atoms with Gasteiger partial charge in [-0.3, -0.25) is 0 Å². The Bertz CT molecular complexity index is 614. The van der Waals surface area contributed by atoms with Gasteiger partial charge in [0.25, 0.3) is 0 Å². The Kier molecular flexibility index (Phi) is 4.71. The van der Waals surface area contributed by atoms with Gasteiger partial charge in [-0.05, 0) is 24.3 Å². The number of hydrogen-bond donors (Lipinski definition) is 2. The first-order chi connectivity index (χ1) is 9.58. The van der Waals surface area contributed by atoms with Crippen LogP contribution in [0.3, 0.4) is 0 Å². The maximum Gasteiger partial charge on any atom is 0.213 e. The van der Waals surface area contributed by atoms with Crippen LogP contribution < -0.4 is 15.4 Å². The average Bonchev–Trinajstić information content (AvgIpc) is 2.44. The molecular weight excluding hydrogens is 297 g/mol. The van der Waals surface area contributed by atoms with E-state index in [0.29, 0.717) is 21.7 Å². The minimum Gasteiger partial charge on any atom is -0.481 e. The van der Waals surface area contributed by atoms with Gasteiger partial charge in [-0.15, -0.1) is 0 Å². The van der Waals surface area contributed by atoms with Crippen LogP contribution >= 0.6 is 23.2 Å². The smallest absolute Gasteiger partial charge is 0.213 e. The average molecular weight is 310 g/mol. The van der Waals surface area contributed by atoms with Crippen LogP contribution in [0.5, 0.6) is 5.88 Å². The van der Waals surface area contributed by atoms with Crippen LogP contribution in [-0.2, 0) is 0 Å². The third kappa shape index (κ3) is 3.79. The number of aromatic nitrogens is 1. The lowest BCUT2D eigenvalue weighted by Gasteiger charge is -2.12. The number of methoxy groups -OCH3 is 1. The molecule has 0 aliphatic rings. The topological polar surface area (TPSA) is 46.2 Å². The van der Waals surface area contributed by atoms with Gasteiger partial charge in [0.2, 0.25) is 5.88 Å². The number of ether oxygens (including phenoxy) is 1. The van der Waals surface area contributed by atoms with Gasteiger partial charge in [0.1, 0.15) is 5.82 Å². The molecule has 1 aromatic carbocycles. The molecule has 0 saturated heterocycles. The Labute approximate surface area is 127 Å². The van der Waals surface area contributed by atoms with Crippen LogP contribution in [0.1, 0.15) is 0 Å². The van der Waals surface area contributed by atoms with E-state index in [1.807, 2.05) is 12.1 Å². The molecule has 6 heteroatoms. The maximum atomic E-state index is 5.94. The van der Waals surface area contributed by atoms with Crippen molar-refractivity contribution in [2.24, 2.45) is 0 Å². The Morgan fingerprint density at radius 3 is 2.40 bits per heavy atom. The largest absolute Gasteiger partial charge is 0.481 e. The fraction of sp³-hybridized carbons (Fsp3) is 0.0714. The van der Waals surface area contributed by atoms with Gasteiger partial charge >= 0.3 is 0 Å². The Hall–Kier alpha value is -1.91. The van der Waals surface area contributed by atoms with Crippen LogP contribution in [0.4, 0.5) is 11.4 Å². The van der Waals surface area contributed by atoms with Gasteiger partial charge < -0.3 is 15.4 Å². The molecule has 0 bridgehead atoms. The minimum atomic E-state index is 0.482. The molecule has 0 amide bonds. The predicted octanol–water partition coefficient (Wildman–Crippen LogP) is 4.39. The zero-order valence-corrected chi connectivity index (χ0v) is 12.3. The van der Waals surface area contributed by atoms with Crippen molar-refractivity contribution >= 4 is 34.6 Å². The number of anilines is 2. The van der Waals surface area contributed by atoms with Crippen LogP contribution in [0, 0.1) is 0 Å². The highest BCUT2D eigenvalue weighted by Gasteiger charge is 2.01. The molecule has 0 spiro atoms. The van der Waals surface area contributed by atoms with Crippen molar-refractivity contribution in [3.05, 3.63) is 59.0 Å². The van der Waals surface area contributed by atoms with E-state index < -0.39 is 0 Å². The van der Waals surface area contributed by atoms with Crippen molar-refractivity contribution in [1.82, 2.24) is 4.98 Å². The molecule has 0 aliphatic carbocycles. The Morgan fingerprint density at radius 2 is 1.80 bits per heavy atom. The summed E-state index contributed by atoms with van der Waals surface area (Å²) in [7, 11) is 1.57. The second-order valence-electron chi connectivity index (χ2n) is 3.95. The van der Waals surface area contributed by atoms with Crippen molar-refractivity contribution in [1.29, 1.82) is 0 Å². The van der Waals surface area contributed by atoms with Crippen molar-refractivity contribution in [2.75, 3.05) is 17.7 Å². The van der Waals surface area contributed by atoms with Crippen molar-refractivity contribution in [3.63, 3.8) is 0 Å². The highest BCUT2D eigenvalue weighted by molar-refractivity contribution is 6.42. The SMILES string of the molecule is C=C(Nc1ccc(OC)nc1)Nc1ccc(Cl)c(Cl)c1. The number of rotatable bonds is 5. The molecule has 1 aromatic heterocycles. The first kappa shape index (κ1) is 14.5. The van der Waals surface area contributed by atoms with Gasteiger partial charge in [-0.2, -0.15) is 0 Å². The first-order valence-electron chi connectivity index (χ1n) is 5.76. The fourth-order valence-electron chi connectivity index (χ4n) is 1.53. The lowest BCUT2D eigenvalue weighted by Crippen LogP contribution is -2.08. The summed E-state index contributed by atoms with van der Waals surface area (Å²) in [4.78, 5) is 4.09. The number of nitrogens with zero attached hydrogens (tertiary/aromatic N) is 1. The standard InChI is InChI=1S/C14H13Cl2N3O/c1-9(18-10-3-5-12(15)13(16)7-10)19-11-4-6-14(20-2)17-8-11/h3-8,18-19H,1H2,2H3. The molecule has 0 saturated carbocycles. The molecule has 2 aromatic rings. The molecule has 104 valence electrons. The summed E-state index contributed by atoms with van der Waals surface area (Å²) in [5, 5.41) is 7.15. The number of pyridine rings is 1. The van der Waals surface area contributed by atoms with Crippen LogP contribution in [0.15, 0.2) is 48.9 Å². The molecule has 0 radical (unpaired) electrons. The lowest BCUT2D eigenvalue weighted by atomic mass is 10.3. The van der Waals surface area contributed by atoms with Gasteiger partial charge in [0, 0.05) is 11.8 Å². The first-order valence-corrected chi connectivity index (χ1v) is 6.52. The number of benzene rings is 1. The monoisotopic (exact) mass is 309 g/mol. The summed E-state index contributed by atoms with van der Waals surface area (Å²) >= 11 is 11.8. The zero-order chi connectivity index (χ0) is 14.5. The molecule has 0 unspecified atom stereocenters. The van der Waals surface area contributed by atoms with Gasteiger partial charge in [-0.1, -0.05) is 29.8 Å². The molecule has 0 fully saturated rings. The summed E-state index contributed by atoms with van der Waals surface area (Å²) < 4.78 is 4.99. The molecule has 4 nitrogen and oxygen atoms in total. The molecule has 20 heavy (non-hydrogen) atoms. The van der Waals surface area contributed by atoms with Crippen molar-refractivity contribution in [3.8, 4) is 5.88 Å². The van der Waals surface area contributed by atoms with E-state index >= 15 is 0 Å². The van der Waals surface area contributed by atoms with E-state index in [4.69, 9.17) is 27.9 Å². The number of hydrogen-bond acceptors (Lipinski definition) is 4. The minimum absolute atomic E-state index is 0.482. The quantitative estimate of drug-likeness (QED) is 0.859. The summed E-state index contributed by atoms with van der Waals surface area (Å²) in [5.74, 6) is 1.15. The summed E-state index contributed by atoms with van der Waals surface area (Å²) in [6.07, 6.45) is 1.65. The van der Waals surface area contributed by atoms with E-state index in [0.717, 1.165) is 11.4 Å². The second kappa shape index (κ2) is 6.50. The third-order valence-electron chi connectivity index (χ3n) is 2.46. The van der Waals surface area contributed by atoms with Gasteiger partial charge in [0.05, 0.1) is 29.0 Å².